The molecular formula is C38H26Cl4N2O6. The molecule has 5 aromatic carbocycles. The fourth-order valence-electron chi connectivity index (χ4n) is 8.68. The van der Waals surface area contributed by atoms with Crippen molar-refractivity contribution in [1.82, 2.24) is 9.80 Å². The summed E-state index contributed by atoms with van der Waals surface area (Å²) in [5, 5.41) is 3.97. The molecule has 2 aliphatic heterocycles. The van der Waals surface area contributed by atoms with Gasteiger partial charge in [-0.1, -0.05) is 71.9 Å². The molecule has 0 spiro atoms. The van der Waals surface area contributed by atoms with Crippen LogP contribution < -0.4 is 0 Å². The van der Waals surface area contributed by atoms with Crippen LogP contribution in [0.5, 0.6) is 0 Å². The number of carbonyl (C=O) groups is 5. The molecule has 4 amide bonds. The van der Waals surface area contributed by atoms with E-state index >= 15 is 0 Å². The summed E-state index contributed by atoms with van der Waals surface area (Å²) < 4.78 is 5.57. The largest absolute Gasteiger partial charge is 0.464 e. The zero-order chi connectivity index (χ0) is 34.9. The number of nitrogens with zero attached hydrogens (tertiary/aromatic N) is 2. The second-order valence-corrected chi connectivity index (χ2v) is 15.2. The van der Waals surface area contributed by atoms with Crippen molar-refractivity contribution in [2.75, 3.05) is 19.7 Å². The predicted molar refractivity (Wildman–Crippen MR) is 193 cm³/mol. The molecule has 0 radical (unpaired) electrons. The Morgan fingerprint density at radius 3 is 1.46 bits per heavy atom. The molecule has 2 heterocycles. The first-order chi connectivity index (χ1) is 24.0. The number of halogens is 4. The molecule has 9 rings (SSSR count). The minimum absolute atomic E-state index is 0.150. The molecule has 1 unspecified atom stereocenters. The summed E-state index contributed by atoms with van der Waals surface area (Å²) in [6, 6.07) is 6.07. The molecule has 0 saturated heterocycles. The van der Waals surface area contributed by atoms with Crippen LogP contribution >= 0.6 is 46.4 Å². The molecule has 0 aromatic heterocycles. The Morgan fingerprint density at radius 1 is 0.640 bits per heavy atom. The van der Waals surface area contributed by atoms with Crippen molar-refractivity contribution in [2.45, 2.75) is 32.6 Å². The summed E-state index contributed by atoms with van der Waals surface area (Å²) in [6.45, 7) is 1.92. The molecule has 50 heavy (non-hydrogen) atoms. The minimum atomic E-state index is -0.597. The summed E-state index contributed by atoms with van der Waals surface area (Å²) in [6.07, 6.45) is 7.32. The van der Waals surface area contributed by atoms with Gasteiger partial charge in [-0.3, -0.25) is 33.8 Å². The summed E-state index contributed by atoms with van der Waals surface area (Å²) in [5.74, 6) is -2.09. The lowest BCUT2D eigenvalue weighted by molar-refractivity contribution is -0.149. The van der Waals surface area contributed by atoms with Crippen molar-refractivity contribution in [3.05, 3.63) is 78.8 Å². The first-order valence-corrected chi connectivity index (χ1v) is 18.1. The highest BCUT2D eigenvalue weighted by atomic mass is 35.5. The third kappa shape index (κ3) is 4.22. The van der Waals surface area contributed by atoms with Gasteiger partial charge in [0.25, 0.3) is 23.6 Å². The van der Waals surface area contributed by atoms with Crippen molar-refractivity contribution in [3.8, 4) is 0 Å². The highest BCUT2D eigenvalue weighted by Crippen LogP contribution is 2.54. The molecule has 3 atom stereocenters. The van der Waals surface area contributed by atoms with Crippen LogP contribution in [0.1, 0.15) is 74.0 Å². The average Bonchev–Trinajstić information content (AvgIpc) is 3.73. The molecular weight excluding hydrogens is 722 g/mol. The van der Waals surface area contributed by atoms with Crippen molar-refractivity contribution >= 4 is 119 Å². The number of ether oxygens (including phenoxy) is 1. The zero-order valence-corrected chi connectivity index (χ0v) is 29.5. The van der Waals surface area contributed by atoms with Gasteiger partial charge >= 0.3 is 5.97 Å². The van der Waals surface area contributed by atoms with E-state index in [1.807, 2.05) is 6.92 Å². The Kier molecular flexibility index (Phi) is 7.21. The van der Waals surface area contributed by atoms with Gasteiger partial charge in [0.2, 0.25) is 0 Å². The molecule has 1 saturated carbocycles. The van der Waals surface area contributed by atoms with Gasteiger partial charge < -0.3 is 4.74 Å². The third-order valence-corrected chi connectivity index (χ3v) is 12.1. The quantitative estimate of drug-likeness (QED) is 0.0542. The number of rotatable bonds is 7. The number of benzene rings is 5. The van der Waals surface area contributed by atoms with Gasteiger partial charge in [0.15, 0.2) is 0 Å². The van der Waals surface area contributed by atoms with Gasteiger partial charge in [-0.25, -0.2) is 0 Å². The van der Waals surface area contributed by atoms with Crippen LogP contribution in [0.25, 0.3) is 43.1 Å². The summed E-state index contributed by atoms with van der Waals surface area (Å²) >= 11 is 28.1. The zero-order valence-electron chi connectivity index (χ0n) is 26.5. The fraction of sp³-hybridized carbons (Fsp3) is 0.289. The molecule has 8 nitrogen and oxygen atoms in total. The van der Waals surface area contributed by atoms with E-state index in [-0.39, 0.29) is 79.8 Å². The molecule has 2 bridgehead atoms. The Bertz CT molecular complexity index is 2360. The summed E-state index contributed by atoms with van der Waals surface area (Å²) in [5.41, 5.74) is 0.864. The Morgan fingerprint density at radius 2 is 1.08 bits per heavy atom. The van der Waals surface area contributed by atoms with Crippen molar-refractivity contribution < 1.29 is 28.7 Å². The predicted octanol–water partition coefficient (Wildman–Crippen LogP) is 9.10. The van der Waals surface area contributed by atoms with Gasteiger partial charge in [0, 0.05) is 69.7 Å². The summed E-state index contributed by atoms with van der Waals surface area (Å²) in [4.78, 5) is 70.7. The number of esters is 1. The van der Waals surface area contributed by atoms with Gasteiger partial charge in [-0.2, -0.15) is 0 Å². The number of amides is 4. The lowest BCUT2D eigenvalue weighted by atomic mass is 9.82. The Hall–Kier alpha value is -3.95. The average molecular weight is 748 g/mol. The van der Waals surface area contributed by atoms with Crippen LogP contribution in [-0.2, 0) is 9.53 Å². The number of hydrogen-bond acceptors (Lipinski definition) is 6. The highest BCUT2D eigenvalue weighted by molar-refractivity contribution is 6.56. The number of unbranched alkanes of at least 4 members (excludes halogenated alkanes) is 1. The standard InChI is InChI=1S/C38H26Cl4N2O6/c1-2-3-6-43-34(45)18-11-22(39)28-30-24(41)13-20-27-21(14-25(42)31(33(27)30)29-23(40)12-19(35(43)46)26(18)32(28)29)37(48)44(36(20)47)7-8-50-38(49)17-10-15-4-5-16(17)9-15/h4-5,11-17H,2-3,6-10H2,1H3/t15-,16+,17?/m0/s1. The second-order valence-electron chi connectivity index (χ2n) is 13.6. The van der Waals surface area contributed by atoms with E-state index in [2.05, 4.69) is 12.2 Å². The second kappa shape index (κ2) is 11.3. The van der Waals surface area contributed by atoms with E-state index in [4.69, 9.17) is 51.1 Å². The smallest absolute Gasteiger partial charge is 0.309 e. The van der Waals surface area contributed by atoms with Gasteiger partial charge in [-0.05, 0) is 55.4 Å². The van der Waals surface area contributed by atoms with Gasteiger partial charge in [0.05, 0.1) is 34.7 Å². The van der Waals surface area contributed by atoms with E-state index < -0.39 is 23.6 Å². The van der Waals surface area contributed by atoms with E-state index in [1.54, 1.807) is 12.1 Å². The van der Waals surface area contributed by atoms with Crippen LogP contribution in [0, 0.1) is 17.8 Å². The van der Waals surface area contributed by atoms with E-state index in [9.17, 15) is 24.0 Å². The maximum absolute atomic E-state index is 14.0. The SMILES string of the molecule is CCCCN1C(=O)c2cc(Cl)c3c4c(Cl)cc5c6c(cc(Cl)c(c7c(Cl)cc(c2c37)C1=O)c64)C(=O)N(CCOC(=O)C1C[C@H]2C=C[C@@H]1C2)C5=O. The topological polar surface area (TPSA) is 101 Å². The number of allylic oxidation sites excluding steroid dienone is 2. The monoisotopic (exact) mass is 746 g/mol. The fourth-order valence-corrected chi connectivity index (χ4v) is 9.87. The molecule has 252 valence electrons. The summed E-state index contributed by atoms with van der Waals surface area (Å²) in [7, 11) is 0. The van der Waals surface area contributed by atoms with Gasteiger partial charge in [0.1, 0.15) is 6.61 Å². The Balaban J connectivity index is 1.21. The molecule has 2 aliphatic carbocycles. The minimum Gasteiger partial charge on any atom is -0.464 e. The number of hydrogen-bond donors (Lipinski definition) is 0. The van der Waals surface area contributed by atoms with Crippen LogP contribution in [-0.4, -0.2) is 59.1 Å². The molecule has 4 aliphatic rings. The first-order valence-electron chi connectivity index (χ1n) is 16.6. The maximum Gasteiger partial charge on any atom is 0.309 e. The van der Waals surface area contributed by atoms with E-state index in [0.29, 0.717) is 55.4 Å². The first kappa shape index (κ1) is 32.0. The number of fused-ring (bicyclic) bond motifs is 4. The number of carbonyl (C=O) groups excluding carboxylic acids is 5. The van der Waals surface area contributed by atoms with Gasteiger partial charge in [-0.15, -0.1) is 0 Å². The highest BCUT2D eigenvalue weighted by Gasteiger charge is 2.42. The third-order valence-electron chi connectivity index (χ3n) is 10.9. The normalized spacial score (nSPS) is 21.0. The Labute approximate surface area is 305 Å². The van der Waals surface area contributed by atoms with Crippen LogP contribution in [0.15, 0.2) is 36.4 Å². The van der Waals surface area contributed by atoms with E-state index in [0.717, 1.165) is 24.2 Å². The van der Waals surface area contributed by atoms with Crippen LogP contribution in [0.3, 0.4) is 0 Å². The molecule has 12 heteroatoms. The van der Waals surface area contributed by atoms with Crippen molar-refractivity contribution in [2.24, 2.45) is 17.8 Å². The lowest BCUT2D eigenvalue weighted by Crippen LogP contribution is -2.42. The van der Waals surface area contributed by atoms with Crippen LogP contribution in [0.2, 0.25) is 20.1 Å². The number of imide groups is 2. The van der Waals surface area contributed by atoms with E-state index in [1.165, 1.54) is 17.0 Å². The molecule has 1 fully saturated rings. The molecule has 5 aromatic rings. The lowest BCUT2D eigenvalue weighted by Gasteiger charge is -2.31. The maximum atomic E-state index is 14.0. The van der Waals surface area contributed by atoms with Crippen molar-refractivity contribution in [1.29, 1.82) is 0 Å². The van der Waals surface area contributed by atoms with Crippen LogP contribution in [0.4, 0.5) is 0 Å². The van der Waals surface area contributed by atoms with Crippen molar-refractivity contribution in [3.63, 3.8) is 0 Å². The molecule has 0 N–H and O–H groups in total.